The lowest BCUT2D eigenvalue weighted by atomic mass is 10.1. The first kappa shape index (κ1) is 31.5. The van der Waals surface area contributed by atoms with E-state index >= 15 is 0 Å². The Balaban J connectivity index is -0.000000139. The predicted molar refractivity (Wildman–Crippen MR) is 114 cm³/mol. The average Bonchev–Trinajstić information content (AvgIpc) is 3.20. The first-order valence-corrected chi connectivity index (χ1v) is 9.88. The average molecular weight is 359 g/mol. The van der Waals surface area contributed by atoms with Crippen LogP contribution in [0.5, 0.6) is 0 Å². The number of ether oxygens (including phenoxy) is 1. The lowest BCUT2D eigenvalue weighted by molar-refractivity contribution is 0.285. The summed E-state index contributed by atoms with van der Waals surface area (Å²) >= 11 is 0. The van der Waals surface area contributed by atoms with Crippen LogP contribution in [0.1, 0.15) is 92.5 Å². The van der Waals surface area contributed by atoms with Gasteiger partial charge in [0.05, 0.1) is 26.0 Å². The van der Waals surface area contributed by atoms with E-state index in [4.69, 9.17) is 20.6 Å². The van der Waals surface area contributed by atoms with Gasteiger partial charge in [-0.05, 0) is 37.0 Å². The Bertz CT molecular complexity index is 355. The Morgan fingerprint density at radius 2 is 1.64 bits per heavy atom. The third kappa shape index (κ3) is 18.9. The van der Waals surface area contributed by atoms with Crippen molar-refractivity contribution in [3.8, 4) is 0 Å². The largest absolute Gasteiger partial charge is 0.500 e. The molecule has 0 saturated carbocycles. The van der Waals surface area contributed by atoms with Crippen LogP contribution in [0.4, 0.5) is 0 Å². The van der Waals surface area contributed by atoms with Crippen LogP contribution in [0, 0.1) is 0 Å². The van der Waals surface area contributed by atoms with Crippen LogP contribution in [0.15, 0.2) is 28.6 Å². The molecule has 0 fully saturated rings. The van der Waals surface area contributed by atoms with E-state index in [0.717, 1.165) is 30.8 Å². The molecule has 152 valence electrons. The molecule has 0 radical (unpaired) electrons. The highest BCUT2D eigenvalue weighted by Crippen LogP contribution is 2.16. The minimum absolute atomic E-state index is 0.0651. The first-order chi connectivity index (χ1) is 12.1. The first-order valence-electron chi connectivity index (χ1n) is 9.88. The zero-order valence-electron chi connectivity index (χ0n) is 18.6. The third-order valence-electron chi connectivity index (χ3n) is 2.78. The highest BCUT2D eigenvalue weighted by molar-refractivity contribution is 5.14. The van der Waals surface area contributed by atoms with Crippen LogP contribution in [0.3, 0.4) is 0 Å². The van der Waals surface area contributed by atoms with Crippen molar-refractivity contribution in [3.05, 3.63) is 35.5 Å². The number of methoxy groups -OCH3 is 1. The Morgan fingerprint density at radius 3 is 1.88 bits per heavy atom. The molecule has 0 saturated heterocycles. The number of allylic oxidation sites excluding steroid dienone is 1. The van der Waals surface area contributed by atoms with Crippen molar-refractivity contribution in [1.29, 1.82) is 0 Å². The van der Waals surface area contributed by atoms with Crippen molar-refractivity contribution in [2.45, 2.75) is 87.6 Å². The van der Waals surface area contributed by atoms with Gasteiger partial charge >= 0.3 is 0 Å². The van der Waals surface area contributed by atoms with Gasteiger partial charge in [-0.25, -0.2) is 0 Å². The molecule has 0 bridgehead atoms. The Morgan fingerprint density at radius 1 is 1.12 bits per heavy atom. The van der Waals surface area contributed by atoms with E-state index in [2.05, 4.69) is 20.8 Å². The van der Waals surface area contributed by atoms with Crippen LogP contribution in [0.2, 0.25) is 0 Å². The number of nitrogens with two attached hydrogens (primary N) is 2. The maximum atomic E-state index is 5.77. The molecule has 1 heterocycles. The molecule has 4 N–H and O–H groups in total. The van der Waals surface area contributed by atoms with E-state index < -0.39 is 0 Å². The lowest BCUT2D eigenvalue weighted by Crippen LogP contribution is -2.06. The Hall–Kier alpha value is -1.26. The number of aryl methyl sites for hydroxylation is 1. The standard InChI is InChI=1S/C9H15NO.C6H13NO.3C2H6/c1-3-7-5-9(11-6-7)8(10)4-2;1-3-4-6(5-7)8-2;3*1-2/h5-6,8H,3-4,10H2,1-2H3;4H,3,5,7H2,1-2H3;3*1-2H3/b;6-4-;;;. The van der Waals surface area contributed by atoms with Gasteiger partial charge in [0.15, 0.2) is 0 Å². The van der Waals surface area contributed by atoms with Gasteiger partial charge in [-0.1, -0.05) is 62.3 Å². The lowest BCUT2D eigenvalue weighted by Gasteiger charge is -2.01. The molecular formula is C21H46N2O2. The monoisotopic (exact) mass is 358 g/mol. The Kier molecular flexibility index (Phi) is 34.8. The van der Waals surface area contributed by atoms with Crippen LogP contribution in [0.25, 0.3) is 0 Å². The summed E-state index contributed by atoms with van der Waals surface area (Å²) in [6, 6.07) is 2.10. The molecule has 1 atom stereocenters. The van der Waals surface area contributed by atoms with E-state index in [1.807, 2.05) is 53.7 Å². The summed E-state index contributed by atoms with van der Waals surface area (Å²) in [6.45, 7) is 18.7. The molecule has 1 unspecified atom stereocenters. The summed E-state index contributed by atoms with van der Waals surface area (Å²) in [5.74, 6) is 1.77. The van der Waals surface area contributed by atoms with Crippen molar-refractivity contribution in [3.63, 3.8) is 0 Å². The fourth-order valence-electron chi connectivity index (χ4n) is 1.45. The van der Waals surface area contributed by atoms with E-state index in [0.29, 0.717) is 6.54 Å². The normalized spacial score (nSPS) is 10.3. The zero-order chi connectivity index (χ0) is 20.7. The van der Waals surface area contributed by atoms with E-state index in [1.165, 1.54) is 5.56 Å². The maximum Gasteiger partial charge on any atom is 0.120 e. The molecule has 1 rings (SSSR count). The number of furan rings is 1. The van der Waals surface area contributed by atoms with Crippen molar-refractivity contribution < 1.29 is 9.15 Å². The second kappa shape index (κ2) is 27.6. The molecule has 0 aliphatic rings. The van der Waals surface area contributed by atoms with Crippen LogP contribution in [-0.4, -0.2) is 13.7 Å². The minimum atomic E-state index is 0.0651. The second-order valence-corrected chi connectivity index (χ2v) is 4.21. The van der Waals surface area contributed by atoms with Gasteiger partial charge in [0, 0.05) is 0 Å². The minimum Gasteiger partial charge on any atom is -0.500 e. The van der Waals surface area contributed by atoms with Gasteiger partial charge in [-0.3, -0.25) is 0 Å². The molecule has 0 aliphatic heterocycles. The van der Waals surface area contributed by atoms with Crippen molar-refractivity contribution in [2.24, 2.45) is 11.5 Å². The topological polar surface area (TPSA) is 74.4 Å². The molecule has 1 aromatic rings. The second-order valence-electron chi connectivity index (χ2n) is 4.21. The number of rotatable bonds is 6. The van der Waals surface area contributed by atoms with Crippen LogP contribution in [-0.2, 0) is 11.2 Å². The summed E-state index contributed by atoms with van der Waals surface area (Å²) in [5.41, 5.74) is 12.3. The smallest absolute Gasteiger partial charge is 0.120 e. The van der Waals surface area contributed by atoms with E-state index in [-0.39, 0.29) is 6.04 Å². The number of hydrogen-bond donors (Lipinski definition) is 2. The van der Waals surface area contributed by atoms with Gasteiger partial charge in [-0.15, -0.1) is 0 Å². The number of hydrogen-bond acceptors (Lipinski definition) is 4. The van der Waals surface area contributed by atoms with E-state index in [9.17, 15) is 0 Å². The van der Waals surface area contributed by atoms with Crippen molar-refractivity contribution in [1.82, 2.24) is 0 Å². The van der Waals surface area contributed by atoms with Gasteiger partial charge < -0.3 is 20.6 Å². The highest BCUT2D eigenvalue weighted by Gasteiger charge is 2.07. The SMILES string of the molecule is CC.CC.CC.CC/C=C(/CN)OC.CCc1coc(C(N)CC)c1. The van der Waals surface area contributed by atoms with Gasteiger partial charge in [0.1, 0.15) is 11.5 Å². The summed E-state index contributed by atoms with van der Waals surface area (Å²) in [7, 11) is 1.63. The maximum absolute atomic E-state index is 5.77. The molecule has 0 aliphatic carbocycles. The molecule has 4 heteroatoms. The highest BCUT2D eigenvalue weighted by atomic mass is 16.5. The molecular weight excluding hydrogens is 312 g/mol. The summed E-state index contributed by atoms with van der Waals surface area (Å²) in [6.07, 6.45) is 6.68. The molecule has 1 aromatic heterocycles. The summed E-state index contributed by atoms with van der Waals surface area (Å²) in [5, 5.41) is 0. The van der Waals surface area contributed by atoms with Gasteiger partial charge in [0.2, 0.25) is 0 Å². The summed E-state index contributed by atoms with van der Waals surface area (Å²) < 4.78 is 10.2. The van der Waals surface area contributed by atoms with Crippen molar-refractivity contribution in [2.75, 3.05) is 13.7 Å². The predicted octanol–water partition coefficient (Wildman–Crippen LogP) is 6.22. The molecule has 4 nitrogen and oxygen atoms in total. The van der Waals surface area contributed by atoms with Crippen molar-refractivity contribution >= 4 is 0 Å². The fraction of sp³-hybridized carbons (Fsp3) is 0.714. The van der Waals surface area contributed by atoms with E-state index in [1.54, 1.807) is 13.4 Å². The third-order valence-corrected chi connectivity index (χ3v) is 2.78. The van der Waals surface area contributed by atoms with Crippen LogP contribution >= 0.6 is 0 Å². The molecule has 25 heavy (non-hydrogen) atoms. The fourth-order valence-corrected chi connectivity index (χ4v) is 1.45. The molecule has 0 aromatic carbocycles. The zero-order valence-corrected chi connectivity index (χ0v) is 18.6. The quantitative estimate of drug-likeness (QED) is 0.592. The summed E-state index contributed by atoms with van der Waals surface area (Å²) in [4.78, 5) is 0. The Labute approximate surface area is 158 Å². The van der Waals surface area contributed by atoms with Gasteiger partial charge in [-0.2, -0.15) is 0 Å². The molecule has 0 spiro atoms. The van der Waals surface area contributed by atoms with Gasteiger partial charge in [0.25, 0.3) is 0 Å². The van der Waals surface area contributed by atoms with Crippen LogP contribution < -0.4 is 11.5 Å². The molecule has 0 amide bonds.